The monoisotopic (exact) mass is 164 g/mol. The van der Waals surface area contributed by atoms with Crippen molar-refractivity contribution in [2.45, 2.75) is 0 Å². The molecule has 0 spiro atoms. The second-order valence-corrected chi connectivity index (χ2v) is 2.49. The summed E-state index contributed by atoms with van der Waals surface area (Å²) >= 11 is 6.75. The normalized spacial score (nSPS) is 9.56. The molecule has 1 rings (SSSR count). The van der Waals surface area contributed by atoms with Gasteiger partial charge in [-0.1, -0.05) is 11.6 Å². The van der Waals surface area contributed by atoms with Crippen molar-refractivity contribution in [3.63, 3.8) is 0 Å². The Kier molecular flexibility index (Phi) is 1.78. The van der Waals surface area contributed by atoms with Crippen molar-refractivity contribution in [2.24, 2.45) is 0 Å². The zero-order valence-electron chi connectivity index (χ0n) is 4.72. The third kappa shape index (κ3) is 1.09. The van der Waals surface area contributed by atoms with Gasteiger partial charge in [-0.25, -0.2) is 0 Å². The van der Waals surface area contributed by atoms with Crippen LogP contribution in [0.2, 0.25) is 5.02 Å². The van der Waals surface area contributed by atoms with E-state index in [1.54, 1.807) is 0 Å². The van der Waals surface area contributed by atoms with Gasteiger partial charge in [-0.05, 0) is 0 Å². The highest BCUT2D eigenvalue weighted by molar-refractivity contribution is 7.08. The minimum atomic E-state index is 0.332. The molecule has 0 bridgehead atoms. The van der Waals surface area contributed by atoms with Crippen molar-refractivity contribution >= 4 is 29.0 Å². The fraction of sp³-hybridized carbons (Fsp3) is 0.250. The standard InChI is InChI=1S/C4H5ClN2OS/c1-8-4-2(5)3(6)7-9-4/h1H3,(H2,6,7). The highest BCUT2D eigenvalue weighted by Gasteiger charge is 2.07. The molecule has 0 saturated carbocycles. The van der Waals surface area contributed by atoms with Gasteiger partial charge >= 0.3 is 0 Å². The van der Waals surface area contributed by atoms with Gasteiger partial charge in [-0.15, -0.1) is 0 Å². The summed E-state index contributed by atoms with van der Waals surface area (Å²) in [6.45, 7) is 0. The van der Waals surface area contributed by atoms with Gasteiger partial charge in [0.1, 0.15) is 5.02 Å². The number of nitrogens with zero attached hydrogens (tertiary/aromatic N) is 1. The Hall–Kier alpha value is -0.480. The van der Waals surface area contributed by atoms with Crippen molar-refractivity contribution in [1.82, 2.24) is 4.37 Å². The largest absolute Gasteiger partial charge is 0.485 e. The lowest BCUT2D eigenvalue weighted by Gasteiger charge is -1.90. The van der Waals surface area contributed by atoms with Crippen LogP contribution in [0.5, 0.6) is 5.06 Å². The van der Waals surface area contributed by atoms with Gasteiger partial charge in [0.05, 0.1) is 7.11 Å². The van der Waals surface area contributed by atoms with E-state index in [1.807, 2.05) is 0 Å². The number of methoxy groups -OCH3 is 1. The number of ether oxygens (including phenoxy) is 1. The number of rotatable bonds is 1. The van der Waals surface area contributed by atoms with E-state index in [1.165, 1.54) is 7.11 Å². The molecule has 0 atom stereocenters. The van der Waals surface area contributed by atoms with Gasteiger partial charge in [0.2, 0.25) is 5.06 Å². The molecule has 0 aliphatic carbocycles. The minimum Gasteiger partial charge on any atom is -0.485 e. The molecule has 50 valence electrons. The summed E-state index contributed by atoms with van der Waals surface area (Å²) in [5.41, 5.74) is 5.30. The molecule has 0 aromatic carbocycles. The van der Waals surface area contributed by atoms with Crippen LogP contribution in [0.15, 0.2) is 0 Å². The first kappa shape index (κ1) is 6.64. The summed E-state index contributed by atoms with van der Waals surface area (Å²) < 4.78 is 8.56. The van der Waals surface area contributed by atoms with Gasteiger partial charge in [0.25, 0.3) is 0 Å². The third-order valence-corrected chi connectivity index (χ3v) is 2.12. The second-order valence-electron chi connectivity index (χ2n) is 1.37. The number of anilines is 1. The average molecular weight is 165 g/mol. The van der Waals surface area contributed by atoms with Crippen LogP contribution in [0.25, 0.3) is 0 Å². The number of nitrogens with two attached hydrogens (primary N) is 1. The fourth-order valence-corrected chi connectivity index (χ4v) is 1.21. The SMILES string of the molecule is COc1snc(N)c1Cl. The van der Waals surface area contributed by atoms with E-state index < -0.39 is 0 Å². The smallest absolute Gasteiger partial charge is 0.214 e. The van der Waals surface area contributed by atoms with Crippen molar-refractivity contribution in [1.29, 1.82) is 0 Å². The molecule has 5 heteroatoms. The Morgan fingerprint density at radius 2 is 2.44 bits per heavy atom. The summed E-state index contributed by atoms with van der Waals surface area (Å²) in [4.78, 5) is 0. The lowest BCUT2D eigenvalue weighted by molar-refractivity contribution is 0.427. The van der Waals surface area contributed by atoms with E-state index in [-0.39, 0.29) is 0 Å². The summed E-state index contributed by atoms with van der Waals surface area (Å²) in [7, 11) is 1.53. The van der Waals surface area contributed by atoms with Crippen LogP contribution in [0, 0.1) is 0 Å². The molecule has 0 radical (unpaired) electrons. The molecule has 0 unspecified atom stereocenters. The number of hydrogen-bond donors (Lipinski definition) is 1. The lowest BCUT2D eigenvalue weighted by atomic mass is 10.6. The number of nitrogen functional groups attached to an aromatic ring is 1. The van der Waals surface area contributed by atoms with Crippen molar-refractivity contribution in [3.8, 4) is 5.06 Å². The van der Waals surface area contributed by atoms with Crippen LogP contribution < -0.4 is 10.5 Å². The molecule has 1 aromatic heterocycles. The van der Waals surface area contributed by atoms with Crippen LogP contribution in [0.4, 0.5) is 5.82 Å². The van der Waals surface area contributed by atoms with Gasteiger partial charge in [0, 0.05) is 11.5 Å². The number of halogens is 1. The van der Waals surface area contributed by atoms with Crippen LogP contribution in [-0.2, 0) is 0 Å². The topological polar surface area (TPSA) is 48.1 Å². The maximum atomic E-state index is 5.61. The molecule has 0 amide bonds. The van der Waals surface area contributed by atoms with E-state index in [0.29, 0.717) is 15.9 Å². The summed E-state index contributed by atoms with van der Waals surface area (Å²) in [6.07, 6.45) is 0. The first-order valence-electron chi connectivity index (χ1n) is 2.20. The number of hydrogen-bond acceptors (Lipinski definition) is 4. The average Bonchev–Trinajstić information content (AvgIpc) is 2.15. The molecule has 0 fully saturated rings. The molecule has 9 heavy (non-hydrogen) atoms. The van der Waals surface area contributed by atoms with Crippen LogP contribution >= 0.6 is 23.1 Å². The highest BCUT2D eigenvalue weighted by Crippen LogP contribution is 2.33. The fourth-order valence-electron chi connectivity index (χ4n) is 0.402. The lowest BCUT2D eigenvalue weighted by Crippen LogP contribution is -1.83. The molecule has 1 heterocycles. The Morgan fingerprint density at radius 3 is 2.67 bits per heavy atom. The van der Waals surface area contributed by atoms with Crippen LogP contribution in [0.3, 0.4) is 0 Å². The van der Waals surface area contributed by atoms with E-state index in [2.05, 4.69) is 4.37 Å². The number of aromatic nitrogens is 1. The molecule has 3 nitrogen and oxygen atoms in total. The van der Waals surface area contributed by atoms with Gasteiger partial charge < -0.3 is 10.5 Å². The van der Waals surface area contributed by atoms with E-state index in [4.69, 9.17) is 22.1 Å². The Balaban J connectivity index is 3.04. The first-order chi connectivity index (χ1) is 4.25. The predicted octanol–water partition coefficient (Wildman–Crippen LogP) is 1.39. The molecule has 0 saturated heterocycles. The Morgan fingerprint density at radius 1 is 1.78 bits per heavy atom. The maximum Gasteiger partial charge on any atom is 0.214 e. The Labute approximate surface area is 61.6 Å². The van der Waals surface area contributed by atoms with Crippen molar-refractivity contribution in [2.75, 3.05) is 12.8 Å². The second kappa shape index (κ2) is 2.41. The summed E-state index contributed by atoms with van der Waals surface area (Å²) in [6, 6.07) is 0. The highest BCUT2D eigenvalue weighted by atomic mass is 35.5. The molecule has 1 aromatic rings. The third-order valence-electron chi connectivity index (χ3n) is 0.816. The Bertz CT molecular complexity index is 212. The van der Waals surface area contributed by atoms with E-state index in [0.717, 1.165) is 11.5 Å². The van der Waals surface area contributed by atoms with Gasteiger partial charge in [-0.2, -0.15) is 4.37 Å². The maximum absolute atomic E-state index is 5.61. The summed E-state index contributed by atoms with van der Waals surface area (Å²) in [5, 5.41) is 0.969. The van der Waals surface area contributed by atoms with Gasteiger partial charge in [-0.3, -0.25) is 0 Å². The quantitative estimate of drug-likeness (QED) is 0.683. The predicted molar refractivity (Wildman–Crippen MR) is 38.1 cm³/mol. The first-order valence-corrected chi connectivity index (χ1v) is 3.35. The molecular weight excluding hydrogens is 160 g/mol. The van der Waals surface area contributed by atoms with Crippen LogP contribution in [0.1, 0.15) is 0 Å². The van der Waals surface area contributed by atoms with Crippen molar-refractivity contribution < 1.29 is 4.74 Å². The molecule has 2 N–H and O–H groups in total. The minimum absolute atomic E-state index is 0.332. The summed E-state index contributed by atoms with van der Waals surface area (Å²) in [5.74, 6) is 0.332. The van der Waals surface area contributed by atoms with Crippen LogP contribution in [-0.4, -0.2) is 11.5 Å². The van der Waals surface area contributed by atoms with Crippen molar-refractivity contribution in [3.05, 3.63) is 5.02 Å². The van der Waals surface area contributed by atoms with E-state index >= 15 is 0 Å². The molecule has 0 aliphatic heterocycles. The zero-order chi connectivity index (χ0) is 6.85. The molecular formula is C4H5ClN2OS. The molecule has 0 aliphatic rings. The van der Waals surface area contributed by atoms with E-state index in [9.17, 15) is 0 Å². The zero-order valence-corrected chi connectivity index (χ0v) is 6.29. The van der Waals surface area contributed by atoms with Gasteiger partial charge in [0.15, 0.2) is 5.82 Å².